The molecule has 0 amide bonds. The van der Waals surface area contributed by atoms with E-state index in [0.29, 0.717) is 18.8 Å². The Morgan fingerprint density at radius 1 is 1.03 bits per heavy atom. The number of phenolic OH excluding ortho intramolecular Hbond substituents is 2. The number of hydrogen-bond acceptors (Lipinski definition) is 3. The van der Waals surface area contributed by atoms with Crippen LogP contribution >= 0.6 is 0 Å². The monoisotopic (exact) mass is 420 g/mol. The lowest BCUT2D eigenvalue weighted by atomic mass is 9.73. The number of hydrogen-bond donors (Lipinski definition) is 2. The van der Waals surface area contributed by atoms with Gasteiger partial charge in [0.1, 0.15) is 11.5 Å². The van der Waals surface area contributed by atoms with Crippen LogP contribution in [-0.2, 0) is 17.8 Å². The standard InChI is InChI=1S/C28H36O3/c1-4-5-7-12-22-16-26(29)28(27(30)17-22)25-15-23(13-14-24(25)20(2)3)19-31-18-21-10-8-6-9-11-21/h6,8-11,15-17,24-25,29-30H,2,4-5,7,12-14,18-19H2,1,3H3/t24-,25+/m0/s1. The molecule has 0 bridgehead atoms. The molecule has 0 unspecified atom stereocenters. The Labute approximate surface area is 187 Å². The molecule has 2 aromatic carbocycles. The fourth-order valence-electron chi connectivity index (χ4n) is 4.55. The summed E-state index contributed by atoms with van der Waals surface area (Å²) in [6.07, 6.45) is 8.31. The smallest absolute Gasteiger partial charge is 0.123 e. The molecule has 0 spiro atoms. The van der Waals surface area contributed by atoms with Gasteiger partial charge in [-0.1, -0.05) is 68.3 Å². The van der Waals surface area contributed by atoms with E-state index in [2.05, 4.69) is 31.7 Å². The second-order valence-electron chi connectivity index (χ2n) is 8.83. The average Bonchev–Trinajstić information content (AvgIpc) is 2.74. The fourth-order valence-corrected chi connectivity index (χ4v) is 4.55. The average molecular weight is 421 g/mol. The topological polar surface area (TPSA) is 49.7 Å². The highest BCUT2D eigenvalue weighted by Gasteiger charge is 2.30. The van der Waals surface area contributed by atoms with E-state index in [1.165, 1.54) is 5.57 Å². The SMILES string of the molecule is C=C(C)[C@@H]1CCC(COCc2ccccc2)=C[C@H]1c1c(O)cc(CCCCC)cc1O. The predicted molar refractivity (Wildman–Crippen MR) is 127 cm³/mol. The van der Waals surface area contributed by atoms with E-state index in [4.69, 9.17) is 4.74 Å². The van der Waals surface area contributed by atoms with Crippen LogP contribution in [0.3, 0.4) is 0 Å². The van der Waals surface area contributed by atoms with Gasteiger partial charge in [0.25, 0.3) is 0 Å². The summed E-state index contributed by atoms with van der Waals surface area (Å²) in [5.74, 6) is 0.475. The second-order valence-corrected chi connectivity index (χ2v) is 8.83. The van der Waals surface area contributed by atoms with E-state index in [-0.39, 0.29) is 23.3 Å². The largest absolute Gasteiger partial charge is 0.507 e. The lowest BCUT2D eigenvalue weighted by Gasteiger charge is -2.32. The van der Waals surface area contributed by atoms with Crippen molar-refractivity contribution >= 4 is 0 Å². The van der Waals surface area contributed by atoms with Crippen molar-refractivity contribution in [3.05, 3.63) is 83.0 Å². The summed E-state index contributed by atoms with van der Waals surface area (Å²) >= 11 is 0. The molecule has 0 saturated carbocycles. The molecule has 2 N–H and O–H groups in total. The first-order valence-corrected chi connectivity index (χ1v) is 11.5. The van der Waals surface area contributed by atoms with E-state index >= 15 is 0 Å². The van der Waals surface area contributed by atoms with E-state index in [1.54, 1.807) is 0 Å². The number of unbranched alkanes of at least 4 members (excludes halogenated alkanes) is 2. The van der Waals surface area contributed by atoms with Gasteiger partial charge in [0, 0.05) is 11.5 Å². The van der Waals surface area contributed by atoms with Crippen LogP contribution in [0.25, 0.3) is 0 Å². The number of rotatable bonds is 10. The van der Waals surface area contributed by atoms with Gasteiger partial charge in [0.2, 0.25) is 0 Å². The third kappa shape index (κ3) is 6.24. The van der Waals surface area contributed by atoms with Crippen LogP contribution in [0.15, 0.2) is 66.3 Å². The van der Waals surface area contributed by atoms with Gasteiger partial charge < -0.3 is 14.9 Å². The van der Waals surface area contributed by atoms with Gasteiger partial charge in [-0.2, -0.15) is 0 Å². The quantitative estimate of drug-likeness (QED) is 0.320. The van der Waals surface area contributed by atoms with Crippen molar-refractivity contribution in [2.24, 2.45) is 5.92 Å². The van der Waals surface area contributed by atoms with Crippen molar-refractivity contribution in [2.45, 2.75) is 64.9 Å². The van der Waals surface area contributed by atoms with Gasteiger partial charge in [0.15, 0.2) is 0 Å². The third-order valence-electron chi connectivity index (χ3n) is 6.26. The number of aryl methyl sites for hydroxylation is 1. The predicted octanol–water partition coefficient (Wildman–Crippen LogP) is 7.04. The number of aromatic hydroxyl groups is 2. The minimum atomic E-state index is -0.0914. The van der Waals surface area contributed by atoms with Gasteiger partial charge in [-0.25, -0.2) is 0 Å². The van der Waals surface area contributed by atoms with Gasteiger partial charge in [0.05, 0.1) is 13.2 Å². The molecule has 0 aliphatic heterocycles. The summed E-state index contributed by atoms with van der Waals surface area (Å²) in [7, 11) is 0. The molecule has 3 nitrogen and oxygen atoms in total. The first kappa shape index (κ1) is 23.1. The lowest BCUT2D eigenvalue weighted by molar-refractivity contribution is 0.138. The molecule has 3 rings (SSSR count). The summed E-state index contributed by atoms with van der Waals surface area (Å²) in [6, 6.07) is 13.8. The molecule has 0 heterocycles. The van der Waals surface area contributed by atoms with Gasteiger partial charge in [-0.3, -0.25) is 0 Å². The van der Waals surface area contributed by atoms with Crippen LogP contribution in [0.2, 0.25) is 0 Å². The summed E-state index contributed by atoms with van der Waals surface area (Å²) in [5.41, 5.74) is 5.06. The molecule has 3 heteroatoms. The maximum absolute atomic E-state index is 10.8. The zero-order valence-electron chi connectivity index (χ0n) is 18.9. The molecule has 0 fully saturated rings. The Kier molecular flexibility index (Phi) is 8.36. The first-order valence-electron chi connectivity index (χ1n) is 11.5. The zero-order valence-corrected chi connectivity index (χ0v) is 18.9. The van der Waals surface area contributed by atoms with Crippen molar-refractivity contribution in [1.29, 1.82) is 0 Å². The Bertz CT molecular complexity index is 875. The van der Waals surface area contributed by atoms with Crippen LogP contribution in [0.1, 0.15) is 68.6 Å². The van der Waals surface area contributed by atoms with Crippen molar-refractivity contribution in [3.63, 3.8) is 0 Å². The third-order valence-corrected chi connectivity index (χ3v) is 6.26. The summed E-state index contributed by atoms with van der Waals surface area (Å²) in [6.45, 7) is 9.53. The molecule has 1 aliphatic rings. The van der Waals surface area contributed by atoms with E-state index in [9.17, 15) is 10.2 Å². The molecular weight excluding hydrogens is 384 g/mol. The first-order chi connectivity index (χ1) is 15.0. The maximum atomic E-state index is 10.8. The minimum absolute atomic E-state index is 0.0914. The highest BCUT2D eigenvalue weighted by molar-refractivity contribution is 5.52. The highest BCUT2D eigenvalue weighted by atomic mass is 16.5. The van der Waals surface area contributed by atoms with Crippen molar-refractivity contribution in [1.82, 2.24) is 0 Å². The summed E-state index contributed by atoms with van der Waals surface area (Å²) < 4.78 is 5.96. The second kappa shape index (κ2) is 11.2. The van der Waals surface area contributed by atoms with Crippen LogP contribution in [-0.4, -0.2) is 16.8 Å². The Morgan fingerprint density at radius 3 is 2.39 bits per heavy atom. The van der Waals surface area contributed by atoms with Gasteiger partial charge in [-0.15, -0.1) is 0 Å². The molecule has 0 saturated heterocycles. The Hall–Kier alpha value is -2.52. The van der Waals surface area contributed by atoms with Crippen molar-refractivity contribution in [2.75, 3.05) is 6.61 Å². The molecule has 166 valence electrons. The van der Waals surface area contributed by atoms with Crippen molar-refractivity contribution < 1.29 is 14.9 Å². The number of benzene rings is 2. The molecule has 0 radical (unpaired) electrons. The van der Waals surface area contributed by atoms with Crippen LogP contribution < -0.4 is 0 Å². The van der Waals surface area contributed by atoms with Crippen molar-refractivity contribution in [3.8, 4) is 11.5 Å². The number of ether oxygens (including phenoxy) is 1. The molecule has 1 aliphatic carbocycles. The summed E-state index contributed by atoms with van der Waals surface area (Å²) in [5, 5.41) is 21.7. The number of phenols is 2. The van der Waals surface area contributed by atoms with E-state index in [1.807, 2.05) is 37.3 Å². The van der Waals surface area contributed by atoms with E-state index < -0.39 is 0 Å². The van der Waals surface area contributed by atoms with Crippen LogP contribution in [0, 0.1) is 5.92 Å². The van der Waals surface area contributed by atoms with Crippen LogP contribution in [0.5, 0.6) is 11.5 Å². The number of allylic oxidation sites excluding steroid dienone is 2. The molecule has 2 atom stereocenters. The molecule has 2 aromatic rings. The molecule has 0 aromatic heterocycles. The van der Waals surface area contributed by atoms with Crippen LogP contribution in [0.4, 0.5) is 0 Å². The Balaban J connectivity index is 1.78. The van der Waals surface area contributed by atoms with E-state index in [0.717, 1.165) is 55.2 Å². The fraction of sp³-hybridized carbons (Fsp3) is 0.429. The lowest BCUT2D eigenvalue weighted by Crippen LogP contribution is -2.19. The Morgan fingerprint density at radius 2 is 1.74 bits per heavy atom. The highest BCUT2D eigenvalue weighted by Crippen LogP contribution is 2.46. The zero-order chi connectivity index (χ0) is 22.2. The maximum Gasteiger partial charge on any atom is 0.123 e. The van der Waals surface area contributed by atoms with Gasteiger partial charge >= 0.3 is 0 Å². The molecule has 31 heavy (non-hydrogen) atoms. The van der Waals surface area contributed by atoms with Gasteiger partial charge in [-0.05, 0) is 67.4 Å². The molecular formula is C28H36O3. The summed E-state index contributed by atoms with van der Waals surface area (Å²) in [4.78, 5) is 0. The minimum Gasteiger partial charge on any atom is -0.507 e. The normalized spacial score (nSPS) is 18.6.